The van der Waals surface area contributed by atoms with Crippen molar-refractivity contribution in [2.75, 3.05) is 20.8 Å². The Morgan fingerprint density at radius 2 is 1.81 bits per heavy atom. The summed E-state index contributed by atoms with van der Waals surface area (Å²) in [7, 11) is 3.10. The molecule has 0 unspecified atom stereocenters. The van der Waals surface area contributed by atoms with Gasteiger partial charge in [0.2, 0.25) is 0 Å². The third-order valence-corrected chi connectivity index (χ3v) is 9.97. The molecule has 0 fully saturated rings. The lowest BCUT2D eigenvalue weighted by atomic mass is 9.93. The average molecular weight is 825 g/mol. The van der Waals surface area contributed by atoms with Gasteiger partial charge in [-0.05, 0) is 83.4 Å². The van der Waals surface area contributed by atoms with Crippen LogP contribution in [0, 0.1) is 0 Å². The molecule has 8 nitrogen and oxygen atoms in total. The number of esters is 1. The fourth-order valence-corrected chi connectivity index (χ4v) is 7.67. The molecule has 13 heteroatoms. The third kappa shape index (κ3) is 7.49. The van der Waals surface area contributed by atoms with Crippen LogP contribution in [0.15, 0.2) is 78.5 Å². The Morgan fingerprint density at radius 1 is 1.04 bits per heavy atom. The molecule has 1 atom stereocenters. The number of hydrogen-bond donors (Lipinski definition) is 0. The van der Waals surface area contributed by atoms with E-state index >= 15 is 0 Å². The number of nitrogens with zero attached hydrogens (tertiary/aromatic N) is 2. The molecule has 4 aromatic rings. The van der Waals surface area contributed by atoms with Gasteiger partial charge in [-0.2, -0.15) is 0 Å². The lowest BCUT2D eigenvalue weighted by molar-refractivity contribution is -0.139. The van der Waals surface area contributed by atoms with E-state index in [4.69, 9.17) is 47.1 Å². The molecule has 0 amide bonds. The number of hydrogen-bond acceptors (Lipinski definition) is 8. The number of fused-ring (bicyclic) bond motifs is 1. The van der Waals surface area contributed by atoms with Crippen LogP contribution in [0.4, 0.5) is 0 Å². The maximum absolute atomic E-state index is 14.3. The average Bonchev–Trinajstić information content (AvgIpc) is 3.34. The van der Waals surface area contributed by atoms with Crippen LogP contribution in [0.5, 0.6) is 17.2 Å². The first-order chi connectivity index (χ1) is 22.6. The van der Waals surface area contributed by atoms with Crippen molar-refractivity contribution in [1.29, 1.82) is 0 Å². The Balaban J connectivity index is 1.64. The van der Waals surface area contributed by atoms with Crippen molar-refractivity contribution in [2.24, 2.45) is 4.99 Å². The molecule has 3 aromatic carbocycles. The molecule has 0 radical (unpaired) electrons. The van der Waals surface area contributed by atoms with Crippen molar-refractivity contribution in [3.05, 3.63) is 115 Å². The summed E-state index contributed by atoms with van der Waals surface area (Å²) in [6.07, 6.45) is 3.03. The second kappa shape index (κ2) is 15.4. The Bertz CT molecular complexity index is 2060. The first-order valence-corrected chi connectivity index (χ1v) is 17.8. The predicted octanol–water partition coefficient (Wildman–Crippen LogP) is 8.01. The molecule has 2 heterocycles. The van der Waals surface area contributed by atoms with Crippen LogP contribution in [0.3, 0.4) is 0 Å². The number of thiazole rings is 1. The molecule has 1 aromatic heterocycles. The standard InChI is InChI=1S/C34H30Br2Cl2N2O6S/c1-5-7-25-29(33(42)45-6-2)30(22-15-20(35)9-11-26(22)43-3)40-32(41)28(47-34(40)39-25)14-18-12-23(36)31(27(13-18)44-4)46-17-19-8-10-21(37)16-24(19)38/h8-16,30H,5-7,17H2,1-4H3/b28-14+/t30-/m0/s1. The van der Waals surface area contributed by atoms with Gasteiger partial charge in [0.1, 0.15) is 18.4 Å². The van der Waals surface area contributed by atoms with E-state index in [9.17, 15) is 9.59 Å². The highest BCUT2D eigenvalue weighted by molar-refractivity contribution is 9.10. The maximum atomic E-state index is 14.3. The van der Waals surface area contributed by atoms with E-state index in [1.54, 1.807) is 62.1 Å². The molecule has 5 rings (SSSR count). The van der Waals surface area contributed by atoms with E-state index in [1.807, 2.05) is 25.1 Å². The molecular formula is C34H30Br2Cl2N2O6S. The van der Waals surface area contributed by atoms with Crippen LogP contribution in [0.25, 0.3) is 6.08 Å². The maximum Gasteiger partial charge on any atom is 0.338 e. The lowest BCUT2D eigenvalue weighted by Crippen LogP contribution is -2.40. The topological polar surface area (TPSA) is 88.4 Å². The monoisotopic (exact) mass is 822 g/mol. The van der Waals surface area contributed by atoms with Gasteiger partial charge < -0.3 is 18.9 Å². The van der Waals surface area contributed by atoms with Crippen molar-refractivity contribution in [2.45, 2.75) is 39.3 Å². The second-order valence-corrected chi connectivity index (χ2v) is 14.0. The molecule has 0 N–H and O–H groups in total. The zero-order valence-corrected chi connectivity index (χ0v) is 31.4. The van der Waals surface area contributed by atoms with Crippen LogP contribution in [0.2, 0.25) is 10.0 Å². The number of carbonyl (C=O) groups is 1. The van der Waals surface area contributed by atoms with Crippen molar-refractivity contribution < 1.29 is 23.7 Å². The van der Waals surface area contributed by atoms with E-state index in [1.165, 1.54) is 11.3 Å². The molecule has 0 aliphatic carbocycles. The van der Waals surface area contributed by atoms with Crippen molar-refractivity contribution in [3.8, 4) is 17.2 Å². The SMILES string of the molecule is CCCC1=C(C(=O)OCC)[C@H](c2cc(Br)ccc2OC)n2c(s/c(=C/c3cc(Br)c(OCc4ccc(Cl)cc4Cl)c(OC)c3)c2=O)=N1. The van der Waals surface area contributed by atoms with E-state index in [0.717, 1.165) is 16.5 Å². The Kier molecular flexibility index (Phi) is 11.6. The first-order valence-electron chi connectivity index (χ1n) is 14.6. The minimum absolute atomic E-state index is 0.178. The van der Waals surface area contributed by atoms with Crippen molar-refractivity contribution in [3.63, 3.8) is 0 Å². The van der Waals surface area contributed by atoms with Gasteiger partial charge >= 0.3 is 5.97 Å². The van der Waals surface area contributed by atoms with Gasteiger partial charge in [-0.25, -0.2) is 9.79 Å². The number of rotatable bonds is 11. The number of ether oxygens (including phenoxy) is 4. The zero-order valence-electron chi connectivity index (χ0n) is 25.9. The Morgan fingerprint density at radius 3 is 2.49 bits per heavy atom. The van der Waals surface area contributed by atoms with Crippen LogP contribution in [-0.2, 0) is 16.1 Å². The first kappa shape index (κ1) is 35.2. The molecule has 0 saturated heterocycles. The summed E-state index contributed by atoms with van der Waals surface area (Å²) >= 11 is 20.8. The molecule has 47 heavy (non-hydrogen) atoms. The summed E-state index contributed by atoms with van der Waals surface area (Å²) < 4.78 is 26.3. The number of allylic oxidation sites excluding steroid dienone is 1. The van der Waals surface area contributed by atoms with E-state index in [-0.39, 0.29) is 18.8 Å². The number of benzene rings is 3. The fraction of sp³-hybridized carbons (Fsp3) is 0.265. The number of methoxy groups -OCH3 is 2. The Labute approximate surface area is 302 Å². The van der Waals surface area contributed by atoms with Crippen molar-refractivity contribution in [1.82, 2.24) is 4.57 Å². The van der Waals surface area contributed by atoms with E-state index in [2.05, 4.69) is 31.9 Å². The third-order valence-electron chi connectivity index (χ3n) is 7.32. The number of aromatic nitrogens is 1. The summed E-state index contributed by atoms with van der Waals surface area (Å²) in [4.78, 5) is 33.1. The smallest absolute Gasteiger partial charge is 0.338 e. The van der Waals surface area contributed by atoms with E-state index < -0.39 is 12.0 Å². The van der Waals surface area contributed by atoms with Crippen LogP contribution < -0.4 is 29.1 Å². The summed E-state index contributed by atoms with van der Waals surface area (Å²) in [6, 6.07) is 13.5. The quantitative estimate of drug-likeness (QED) is 0.143. The summed E-state index contributed by atoms with van der Waals surface area (Å²) in [5, 5.41) is 1.03. The minimum atomic E-state index is -0.821. The van der Waals surface area contributed by atoms with Gasteiger partial charge in [0.05, 0.1) is 41.1 Å². The van der Waals surface area contributed by atoms with Gasteiger partial charge in [-0.3, -0.25) is 9.36 Å². The molecule has 1 aliphatic heterocycles. The normalized spacial score (nSPS) is 14.5. The molecule has 0 bridgehead atoms. The molecule has 0 saturated carbocycles. The van der Waals surface area contributed by atoms with E-state index in [0.29, 0.717) is 69.9 Å². The molecular weight excluding hydrogens is 795 g/mol. The van der Waals surface area contributed by atoms with Crippen molar-refractivity contribution >= 4 is 78.4 Å². The number of carbonyl (C=O) groups excluding carboxylic acids is 1. The highest BCUT2D eigenvalue weighted by Gasteiger charge is 2.36. The zero-order chi connectivity index (χ0) is 33.8. The lowest BCUT2D eigenvalue weighted by Gasteiger charge is -2.27. The van der Waals surface area contributed by atoms with Gasteiger partial charge in [-0.15, -0.1) is 0 Å². The second-order valence-electron chi connectivity index (χ2n) is 10.4. The fourth-order valence-electron chi connectivity index (χ4n) is 5.24. The summed E-state index contributed by atoms with van der Waals surface area (Å²) in [6.45, 7) is 4.12. The molecule has 1 aliphatic rings. The largest absolute Gasteiger partial charge is 0.496 e. The summed E-state index contributed by atoms with van der Waals surface area (Å²) in [5.41, 5.74) is 2.66. The van der Waals surface area contributed by atoms with Crippen LogP contribution in [-0.4, -0.2) is 31.4 Å². The molecule has 246 valence electrons. The van der Waals surface area contributed by atoms with Crippen LogP contribution >= 0.6 is 66.4 Å². The van der Waals surface area contributed by atoms with Gasteiger partial charge in [-0.1, -0.05) is 69.9 Å². The van der Waals surface area contributed by atoms with Gasteiger partial charge in [0, 0.05) is 25.6 Å². The number of halogens is 4. The van der Waals surface area contributed by atoms with Gasteiger partial charge in [0.25, 0.3) is 5.56 Å². The highest BCUT2D eigenvalue weighted by atomic mass is 79.9. The van der Waals surface area contributed by atoms with Crippen LogP contribution in [0.1, 0.15) is 49.4 Å². The van der Waals surface area contributed by atoms with Gasteiger partial charge in [0.15, 0.2) is 16.3 Å². The predicted molar refractivity (Wildman–Crippen MR) is 192 cm³/mol. The molecule has 0 spiro atoms. The Hall–Kier alpha value is -3.09. The minimum Gasteiger partial charge on any atom is -0.496 e. The summed E-state index contributed by atoms with van der Waals surface area (Å²) in [5.74, 6) is 0.929. The highest BCUT2D eigenvalue weighted by Crippen LogP contribution is 2.39.